The molecule has 2 atom stereocenters. The Morgan fingerprint density at radius 2 is 2.08 bits per heavy atom. The highest BCUT2D eigenvalue weighted by Gasteiger charge is 2.14. The molecule has 0 aromatic carbocycles. The Bertz CT molecular complexity index is 297. The summed E-state index contributed by atoms with van der Waals surface area (Å²) < 4.78 is 0. The number of aryl methyl sites for hydroxylation is 1. The van der Waals surface area contributed by atoms with Crippen molar-refractivity contribution in [1.29, 1.82) is 0 Å². The van der Waals surface area contributed by atoms with Crippen LogP contribution in [-0.2, 0) is 0 Å². The molecule has 0 saturated heterocycles. The predicted molar refractivity (Wildman–Crippen MR) is 56.0 cm³/mol. The quantitative estimate of drug-likeness (QED) is 0.793. The van der Waals surface area contributed by atoms with Crippen LogP contribution in [0.15, 0.2) is 12.3 Å². The van der Waals surface area contributed by atoms with E-state index in [0.29, 0.717) is 5.02 Å². The molecule has 0 amide bonds. The Morgan fingerprint density at radius 1 is 1.46 bits per heavy atom. The van der Waals surface area contributed by atoms with Gasteiger partial charge >= 0.3 is 0 Å². The number of hydrogen-bond acceptors (Lipinski definition) is 2. The fourth-order valence-electron chi connectivity index (χ4n) is 1.13. The Balaban J connectivity index is 3.01. The van der Waals surface area contributed by atoms with Gasteiger partial charge in [0.25, 0.3) is 0 Å². The number of rotatable bonds is 2. The van der Waals surface area contributed by atoms with Crippen LogP contribution in [0.25, 0.3) is 0 Å². The second-order valence-corrected chi connectivity index (χ2v) is 3.93. The maximum absolute atomic E-state index is 6.05. The van der Waals surface area contributed by atoms with E-state index in [-0.39, 0.29) is 12.0 Å². The van der Waals surface area contributed by atoms with E-state index in [4.69, 9.17) is 17.3 Å². The Morgan fingerprint density at radius 3 is 2.54 bits per heavy atom. The first kappa shape index (κ1) is 10.5. The molecule has 1 aromatic rings. The molecule has 0 radical (unpaired) electrons. The van der Waals surface area contributed by atoms with Gasteiger partial charge in [-0.05, 0) is 25.5 Å². The summed E-state index contributed by atoms with van der Waals surface area (Å²) in [5.41, 5.74) is 7.74. The minimum atomic E-state index is 0.0766. The molecule has 72 valence electrons. The summed E-state index contributed by atoms with van der Waals surface area (Å²) >= 11 is 6.05. The molecule has 2 unspecified atom stereocenters. The highest BCUT2D eigenvalue weighted by atomic mass is 35.5. The van der Waals surface area contributed by atoms with Gasteiger partial charge in [-0.3, -0.25) is 4.98 Å². The Labute approximate surface area is 84.1 Å². The third-order valence-corrected chi connectivity index (χ3v) is 2.53. The summed E-state index contributed by atoms with van der Waals surface area (Å²) in [6.45, 7) is 5.97. The summed E-state index contributed by atoms with van der Waals surface area (Å²) in [7, 11) is 0. The van der Waals surface area contributed by atoms with Crippen LogP contribution in [0, 0.1) is 6.92 Å². The number of aromatic nitrogens is 1. The second kappa shape index (κ2) is 4.07. The minimum absolute atomic E-state index is 0.0766. The van der Waals surface area contributed by atoms with Gasteiger partial charge < -0.3 is 5.73 Å². The molecule has 1 aromatic heterocycles. The standard InChI is InChI=1S/C10H15ClN2/c1-6-4-9(11)10(13-5-6)7(2)8(3)12/h4-5,7-8H,12H2,1-3H3. The minimum Gasteiger partial charge on any atom is -0.327 e. The lowest BCUT2D eigenvalue weighted by molar-refractivity contribution is 0.598. The highest BCUT2D eigenvalue weighted by molar-refractivity contribution is 6.31. The van der Waals surface area contributed by atoms with Crippen LogP contribution in [0.3, 0.4) is 0 Å². The first-order valence-corrected chi connectivity index (χ1v) is 4.77. The first-order chi connectivity index (χ1) is 6.02. The lowest BCUT2D eigenvalue weighted by atomic mass is 9.99. The first-order valence-electron chi connectivity index (χ1n) is 4.40. The third-order valence-electron chi connectivity index (χ3n) is 2.23. The van der Waals surface area contributed by atoms with E-state index in [9.17, 15) is 0 Å². The largest absolute Gasteiger partial charge is 0.327 e. The number of halogens is 1. The molecule has 3 heteroatoms. The van der Waals surface area contributed by atoms with Crippen molar-refractivity contribution in [2.75, 3.05) is 0 Å². The normalized spacial score (nSPS) is 15.5. The van der Waals surface area contributed by atoms with Gasteiger partial charge in [0.15, 0.2) is 0 Å². The van der Waals surface area contributed by atoms with Crippen LogP contribution in [0.2, 0.25) is 5.02 Å². The third kappa shape index (κ3) is 2.42. The highest BCUT2D eigenvalue weighted by Crippen LogP contribution is 2.24. The van der Waals surface area contributed by atoms with Crippen molar-refractivity contribution in [2.45, 2.75) is 32.7 Å². The molecule has 0 aliphatic rings. The SMILES string of the molecule is Cc1cnc(C(C)C(C)N)c(Cl)c1. The van der Waals surface area contributed by atoms with Crippen molar-refractivity contribution in [3.63, 3.8) is 0 Å². The summed E-state index contributed by atoms with van der Waals surface area (Å²) in [4.78, 5) is 4.29. The molecular formula is C10H15ClN2. The molecule has 0 aliphatic heterocycles. The van der Waals surface area contributed by atoms with Gasteiger partial charge in [-0.15, -0.1) is 0 Å². The van der Waals surface area contributed by atoms with Gasteiger partial charge in [0.2, 0.25) is 0 Å². The van der Waals surface area contributed by atoms with Crippen LogP contribution in [-0.4, -0.2) is 11.0 Å². The van der Waals surface area contributed by atoms with Gasteiger partial charge in [-0.2, -0.15) is 0 Å². The number of pyridine rings is 1. The molecular weight excluding hydrogens is 184 g/mol. The molecule has 0 aliphatic carbocycles. The maximum Gasteiger partial charge on any atom is 0.0633 e. The predicted octanol–water partition coefficient (Wildman–Crippen LogP) is 2.49. The van der Waals surface area contributed by atoms with E-state index in [1.165, 1.54) is 0 Å². The van der Waals surface area contributed by atoms with Crippen molar-refractivity contribution in [1.82, 2.24) is 4.98 Å². The van der Waals surface area contributed by atoms with E-state index >= 15 is 0 Å². The van der Waals surface area contributed by atoms with E-state index in [0.717, 1.165) is 11.3 Å². The van der Waals surface area contributed by atoms with Crippen LogP contribution >= 0.6 is 11.6 Å². The summed E-state index contributed by atoms with van der Waals surface area (Å²) in [6.07, 6.45) is 1.82. The number of nitrogens with zero attached hydrogens (tertiary/aromatic N) is 1. The van der Waals surface area contributed by atoms with Gasteiger partial charge in [-0.1, -0.05) is 18.5 Å². The van der Waals surface area contributed by atoms with Crippen LogP contribution < -0.4 is 5.73 Å². The molecule has 1 heterocycles. The van der Waals surface area contributed by atoms with Crippen LogP contribution in [0.5, 0.6) is 0 Å². The van der Waals surface area contributed by atoms with Crippen molar-refractivity contribution in [3.05, 3.63) is 28.5 Å². The summed E-state index contributed by atoms with van der Waals surface area (Å²) in [5.74, 6) is 0.202. The van der Waals surface area contributed by atoms with E-state index in [1.54, 1.807) is 0 Å². The zero-order valence-corrected chi connectivity index (χ0v) is 8.97. The lowest BCUT2D eigenvalue weighted by Gasteiger charge is -2.16. The van der Waals surface area contributed by atoms with Gasteiger partial charge in [0.1, 0.15) is 0 Å². The zero-order valence-electron chi connectivity index (χ0n) is 8.21. The van der Waals surface area contributed by atoms with Crippen molar-refractivity contribution < 1.29 is 0 Å². The van der Waals surface area contributed by atoms with Crippen LogP contribution in [0.4, 0.5) is 0 Å². The average Bonchev–Trinajstić information content (AvgIpc) is 2.03. The number of hydrogen-bond donors (Lipinski definition) is 1. The second-order valence-electron chi connectivity index (χ2n) is 3.53. The fraction of sp³-hybridized carbons (Fsp3) is 0.500. The van der Waals surface area contributed by atoms with Crippen molar-refractivity contribution in [3.8, 4) is 0 Å². The molecule has 0 fully saturated rings. The van der Waals surface area contributed by atoms with Gasteiger partial charge in [-0.25, -0.2) is 0 Å². The Hall–Kier alpha value is -0.600. The van der Waals surface area contributed by atoms with Crippen LogP contribution in [0.1, 0.15) is 31.0 Å². The van der Waals surface area contributed by atoms with Crippen molar-refractivity contribution >= 4 is 11.6 Å². The maximum atomic E-state index is 6.05. The van der Waals surface area contributed by atoms with Crippen molar-refractivity contribution in [2.24, 2.45) is 5.73 Å². The lowest BCUT2D eigenvalue weighted by Crippen LogP contribution is -2.23. The average molecular weight is 199 g/mol. The molecule has 2 N–H and O–H groups in total. The fourth-order valence-corrected chi connectivity index (χ4v) is 1.52. The molecule has 2 nitrogen and oxygen atoms in total. The molecule has 0 saturated carbocycles. The molecule has 13 heavy (non-hydrogen) atoms. The monoisotopic (exact) mass is 198 g/mol. The van der Waals surface area contributed by atoms with Gasteiger partial charge in [0, 0.05) is 18.2 Å². The summed E-state index contributed by atoms with van der Waals surface area (Å²) in [6, 6.07) is 2.00. The van der Waals surface area contributed by atoms with E-state index in [2.05, 4.69) is 4.98 Å². The summed E-state index contributed by atoms with van der Waals surface area (Å²) in [5, 5.41) is 0.713. The zero-order chi connectivity index (χ0) is 10.0. The molecule has 1 rings (SSSR count). The topological polar surface area (TPSA) is 38.9 Å². The van der Waals surface area contributed by atoms with Gasteiger partial charge in [0.05, 0.1) is 10.7 Å². The van der Waals surface area contributed by atoms with E-state index in [1.807, 2.05) is 33.0 Å². The Kier molecular flexibility index (Phi) is 3.28. The number of nitrogens with two attached hydrogens (primary N) is 1. The molecule has 0 spiro atoms. The van der Waals surface area contributed by atoms with E-state index < -0.39 is 0 Å². The smallest absolute Gasteiger partial charge is 0.0633 e. The molecule has 0 bridgehead atoms.